The second-order valence-corrected chi connectivity index (χ2v) is 8.65. The summed E-state index contributed by atoms with van der Waals surface area (Å²) in [5.74, 6) is -0.798. The van der Waals surface area contributed by atoms with Gasteiger partial charge in [0.25, 0.3) is 0 Å². The Hall–Kier alpha value is -2.17. The topological polar surface area (TPSA) is 41.7 Å². The van der Waals surface area contributed by atoms with Crippen LogP contribution in [0.3, 0.4) is 0 Å². The highest BCUT2D eigenvalue weighted by Gasteiger charge is 2.28. The highest BCUT2D eigenvalue weighted by molar-refractivity contribution is 7.98. The zero-order valence-electron chi connectivity index (χ0n) is 16.7. The van der Waals surface area contributed by atoms with E-state index in [0.717, 1.165) is 41.8 Å². The average molecular weight is 426 g/mol. The van der Waals surface area contributed by atoms with Gasteiger partial charge in [0.05, 0.1) is 5.52 Å². The summed E-state index contributed by atoms with van der Waals surface area (Å²) < 4.78 is 2.29. The number of thioether (sulfide) groups is 1. The van der Waals surface area contributed by atoms with Crippen molar-refractivity contribution in [3.05, 3.63) is 75.6 Å². The molecule has 29 heavy (non-hydrogen) atoms. The van der Waals surface area contributed by atoms with Crippen LogP contribution in [0.4, 0.5) is 0 Å². The molecular weight excluding hydrogens is 402 g/mol. The summed E-state index contributed by atoms with van der Waals surface area (Å²) in [6, 6.07) is 12.2. The molecular formula is C24H24ClNO2S. The maximum Gasteiger partial charge on any atom is 0.331 e. The smallest absolute Gasteiger partial charge is 0.331 e. The quantitative estimate of drug-likeness (QED) is 0.375. The van der Waals surface area contributed by atoms with Crippen molar-refractivity contribution in [2.24, 2.45) is 0 Å². The maximum absolute atomic E-state index is 12.0. The molecule has 0 radical (unpaired) electrons. The number of hydrogen-bond acceptors (Lipinski definition) is 2. The zero-order chi connectivity index (χ0) is 20.5. The molecule has 2 heterocycles. The number of fused-ring (bicyclic) bond motifs is 3. The van der Waals surface area contributed by atoms with Gasteiger partial charge in [0, 0.05) is 39.4 Å². The molecule has 5 heteroatoms. The number of halogens is 1. The van der Waals surface area contributed by atoms with Gasteiger partial charge in [-0.05, 0) is 72.9 Å². The van der Waals surface area contributed by atoms with Crippen LogP contribution in [0.5, 0.6) is 0 Å². The van der Waals surface area contributed by atoms with Gasteiger partial charge in [-0.2, -0.15) is 0 Å². The summed E-state index contributed by atoms with van der Waals surface area (Å²) in [7, 11) is 0. The molecule has 3 nitrogen and oxygen atoms in total. The van der Waals surface area contributed by atoms with E-state index < -0.39 is 5.97 Å². The number of carboxylic acids is 1. The van der Waals surface area contributed by atoms with Crippen molar-refractivity contribution in [2.75, 3.05) is 6.26 Å². The number of carboxylic acid groups (broad SMARTS) is 1. The lowest BCUT2D eigenvalue weighted by atomic mass is 9.84. The van der Waals surface area contributed by atoms with E-state index in [9.17, 15) is 9.90 Å². The monoisotopic (exact) mass is 425 g/mol. The highest BCUT2D eigenvalue weighted by Crippen LogP contribution is 2.42. The van der Waals surface area contributed by atoms with Gasteiger partial charge in [-0.25, -0.2) is 4.79 Å². The number of rotatable bonds is 5. The molecule has 0 saturated heterocycles. The molecule has 0 spiro atoms. The Morgan fingerprint density at radius 2 is 1.97 bits per heavy atom. The van der Waals surface area contributed by atoms with Gasteiger partial charge in [-0.15, -0.1) is 11.8 Å². The summed E-state index contributed by atoms with van der Waals surface area (Å²) in [6.07, 6.45) is 8.28. The molecule has 0 saturated carbocycles. The van der Waals surface area contributed by atoms with Crippen LogP contribution in [0.1, 0.15) is 48.6 Å². The van der Waals surface area contributed by atoms with Crippen LogP contribution in [0.15, 0.2) is 53.1 Å². The van der Waals surface area contributed by atoms with E-state index in [0.29, 0.717) is 12.0 Å². The van der Waals surface area contributed by atoms with Crippen LogP contribution in [0, 0.1) is 0 Å². The average Bonchev–Trinajstić information content (AvgIpc) is 3.04. The Morgan fingerprint density at radius 3 is 2.62 bits per heavy atom. The van der Waals surface area contributed by atoms with Crippen LogP contribution in [-0.4, -0.2) is 21.7 Å². The summed E-state index contributed by atoms with van der Waals surface area (Å²) in [4.78, 5) is 13.2. The molecule has 0 amide bonds. The van der Waals surface area contributed by atoms with Crippen LogP contribution in [0.25, 0.3) is 11.1 Å². The predicted molar refractivity (Wildman–Crippen MR) is 121 cm³/mol. The molecule has 1 N–H and O–H groups in total. The number of benzene rings is 1. The first kappa shape index (κ1) is 20.1. The van der Waals surface area contributed by atoms with E-state index in [1.165, 1.54) is 27.2 Å². The number of nitrogens with zero attached hydrogens (tertiary/aromatic N) is 1. The predicted octanol–water partition coefficient (Wildman–Crippen LogP) is 6.49. The number of pyridine rings is 1. The van der Waals surface area contributed by atoms with Crippen LogP contribution in [-0.2, 0) is 17.6 Å². The third-order valence-electron chi connectivity index (χ3n) is 5.76. The van der Waals surface area contributed by atoms with E-state index in [1.54, 1.807) is 11.8 Å². The Labute approximate surface area is 180 Å². The molecule has 0 atom stereocenters. The third-order valence-corrected chi connectivity index (χ3v) is 6.78. The fourth-order valence-electron chi connectivity index (χ4n) is 4.52. The Kier molecular flexibility index (Phi) is 5.75. The van der Waals surface area contributed by atoms with Crippen molar-refractivity contribution >= 4 is 40.4 Å². The summed E-state index contributed by atoms with van der Waals surface area (Å²) in [5.41, 5.74) is 7.58. The standard InChI is InChI=1S/C24H24ClNO2S/c1-3-17(24(27)28)18-6-4-7-20-22(18)19(14-15-9-11-16(25)12-10-15)23-21(29-2)8-5-13-26(20)23/h5,8-13H,3-4,6-7,14H2,1-2H3,(H,27,28)/b18-17-. The molecule has 150 valence electrons. The first-order valence-corrected chi connectivity index (χ1v) is 11.5. The SMILES string of the molecule is CC/C(C(=O)O)=C1\CCCc2c1c(Cc1ccc(Cl)cc1)c1c(SC)cccn21. The van der Waals surface area contributed by atoms with Gasteiger partial charge in [0.1, 0.15) is 0 Å². The first-order chi connectivity index (χ1) is 14.0. The normalized spacial score (nSPS) is 15.4. The molecule has 0 fully saturated rings. The zero-order valence-corrected chi connectivity index (χ0v) is 18.2. The van der Waals surface area contributed by atoms with Crippen molar-refractivity contribution < 1.29 is 9.90 Å². The molecule has 1 aliphatic carbocycles. The van der Waals surface area contributed by atoms with Gasteiger partial charge in [0.15, 0.2) is 0 Å². The number of aliphatic carboxylic acids is 1. The van der Waals surface area contributed by atoms with Gasteiger partial charge >= 0.3 is 5.97 Å². The second kappa shape index (κ2) is 8.29. The second-order valence-electron chi connectivity index (χ2n) is 7.37. The highest BCUT2D eigenvalue weighted by atomic mass is 35.5. The van der Waals surface area contributed by atoms with Crippen LogP contribution >= 0.6 is 23.4 Å². The van der Waals surface area contributed by atoms with Crippen molar-refractivity contribution in [1.82, 2.24) is 4.40 Å². The number of carbonyl (C=O) groups is 1. The van der Waals surface area contributed by atoms with E-state index >= 15 is 0 Å². The molecule has 1 aliphatic rings. The van der Waals surface area contributed by atoms with Gasteiger partial charge in [0.2, 0.25) is 0 Å². The molecule has 0 bridgehead atoms. The summed E-state index contributed by atoms with van der Waals surface area (Å²) in [5, 5.41) is 10.6. The number of hydrogen-bond donors (Lipinski definition) is 1. The molecule has 3 aromatic rings. The van der Waals surface area contributed by atoms with Crippen molar-refractivity contribution in [3.8, 4) is 0 Å². The minimum atomic E-state index is -0.798. The van der Waals surface area contributed by atoms with E-state index in [1.807, 2.05) is 19.1 Å². The number of allylic oxidation sites excluding steroid dienone is 1. The fraction of sp³-hybridized carbons (Fsp3) is 0.292. The Bertz CT molecular complexity index is 1110. The summed E-state index contributed by atoms with van der Waals surface area (Å²) >= 11 is 7.83. The van der Waals surface area contributed by atoms with Crippen molar-refractivity contribution in [2.45, 2.75) is 43.9 Å². The van der Waals surface area contributed by atoms with Gasteiger partial charge < -0.3 is 9.51 Å². The lowest BCUT2D eigenvalue weighted by Crippen LogP contribution is -2.10. The minimum Gasteiger partial charge on any atom is -0.478 e. The summed E-state index contributed by atoms with van der Waals surface area (Å²) in [6.45, 7) is 1.94. The van der Waals surface area contributed by atoms with Crippen LogP contribution in [0.2, 0.25) is 5.02 Å². The fourth-order valence-corrected chi connectivity index (χ4v) is 5.27. The van der Waals surface area contributed by atoms with Gasteiger partial charge in [-0.3, -0.25) is 0 Å². The van der Waals surface area contributed by atoms with Crippen molar-refractivity contribution in [1.29, 1.82) is 0 Å². The molecule has 0 unspecified atom stereocenters. The number of aromatic nitrogens is 1. The minimum absolute atomic E-state index is 0.534. The van der Waals surface area contributed by atoms with E-state index in [2.05, 4.69) is 41.1 Å². The van der Waals surface area contributed by atoms with E-state index in [4.69, 9.17) is 11.6 Å². The van der Waals surface area contributed by atoms with Crippen molar-refractivity contribution in [3.63, 3.8) is 0 Å². The van der Waals surface area contributed by atoms with Crippen LogP contribution < -0.4 is 0 Å². The molecule has 4 rings (SSSR count). The lowest BCUT2D eigenvalue weighted by Gasteiger charge is -2.20. The van der Waals surface area contributed by atoms with Gasteiger partial charge in [-0.1, -0.05) is 30.7 Å². The Morgan fingerprint density at radius 1 is 1.21 bits per heavy atom. The molecule has 1 aromatic carbocycles. The molecule has 0 aliphatic heterocycles. The van der Waals surface area contributed by atoms with E-state index in [-0.39, 0.29) is 0 Å². The first-order valence-electron chi connectivity index (χ1n) is 9.94. The lowest BCUT2D eigenvalue weighted by molar-refractivity contribution is -0.132. The Balaban J connectivity index is 2.04. The maximum atomic E-state index is 12.0. The molecule has 2 aromatic heterocycles. The number of aryl methyl sites for hydroxylation is 1. The largest absolute Gasteiger partial charge is 0.478 e. The third kappa shape index (κ3) is 3.60.